The third-order valence-corrected chi connectivity index (χ3v) is 4.78. The molecule has 11 heteroatoms. The number of nitrogens with one attached hydrogen (secondary N) is 1. The monoisotopic (exact) mass is 468 g/mol. The van der Waals surface area contributed by atoms with Crippen molar-refractivity contribution in [3.8, 4) is 0 Å². The molecule has 1 heterocycles. The van der Waals surface area contributed by atoms with Crippen LogP contribution in [0.3, 0.4) is 0 Å². The lowest BCUT2D eigenvalue weighted by Crippen LogP contribution is -2.37. The van der Waals surface area contributed by atoms with Crippen molar-refractivity contribution in [3.63, 3.8) is 0 Å². The van der Waals surface area contributed by atoms with Crippen molar-refractivity contribution in [2.75, 3.05) is 25.5 Å². The summed E-state index contributed by atoms with van der Waals surface area (Å²) >= 11 is 6.02. The first-order chi connectivity index (χ1) is 15.8. The zero-order chi connectivity index (χ0) is 23.8. The molecule has 3 aromatic rings. The molecule has 0 unspecified atom stereocenters. The summed E-state index contributed by atoms with van der Waals surface area (Å²) in [5, 5.41) is 14.1. The van der Waals surface area contributed by atoms with Crippen LogP contribution in [0, 0.1) is 6.92 Å². The summed E-state index contributed by atoms with van der Waals surface area (Å²) in [6, 6.07) is 15.8. The number of tetrazole rings is 1. The highest BCUT2D eigenvalue weighted by molar-refractivity contribution is 6.33. The number of para-hydroxylation sites is 1. The van der Waals surface area contributed by atoms with Crippen LogP contribution in [0.5, 0.6) is 0 Å². The molecule has 0 atom stereocenters. The predicted molar refractivity (Wildman–Crippen MR) is 122 cm³/mol. The smallest absolute Gasteiger partial charge is 0.357 e. The molecule has 0 aliphatic rings. The minimum Gasteiger partial charge on any atom is -0.451 e. The molecule has 0 aliphatic carbocycles. The number of anilines is 1. The fourth-order valence-electron chi connectivity index (χ4n) is 2.74. The van der Waals surface area contributed by atoms with Crippen LogP contribution in [-0.4, -0.2) is 63.1 Å². The Bertz CT molecular complexity index is 1180. The maximum atomic E-state index is 12.8. The van der Waals surface area contributed by atoms with E-state index in [2.05, 4.69) is 20.8 Å². The van der Waals surface area contributed by atoms with E-state index in [9.17, 15) is 14.4 Å². The standard InChI is InChI=1S/C22H21ClN6O4/c1-15-25-26-27-29(15)19(12-16-8-4-3-5-9-16)22(32)33-14-21(31)28(2)13-20(30)24-18-11-7-6-10-17(18)23/h3-12H,13-14H2,1-2H3,(H,24,30)/b19-12-. The van der Waals surface area contributed by atoms with Gasteiger partial charge in [-0.15, -0.1) is 5.10 Å². The lowest BCUT2D eigenvalue weighted by atomic mass is 10.2. The number of aromatic nitrogens is 4. The van der Waals surface area contributed by atoms with Gasteiger partial charge in [-0.05, 0) is 41.1 Å². The van der Waals surface area contributed by atoms with Gasteiger partial charge < -0.3 is 15.0 Å². The molecular weight excluding hydrogens is 448 g/mol. The Hall–Kier alpha value is -4.05. The average molecular weight is 469 g/mol. The number of nitrogens with zero attached hydrogens (tertiary/aromatic N) is 5. The summed E-state index contributed by atoms with van der Waals surface area (Å²) in [4.78, 5) is 38.5. The summed E-state index contributed by atoms with van der Waals surface area (Å²) in [7, 11) is 1.43. The number of likely N-dealkylation sites (N-methyl/N-ethyl adjacent to an activating group) is 1. The van der Waals surface area contributed by atoms with Crippen LogP contribution < -0.4 is 5.32 Å². The van der Waals surface area contributed by atoms with Crippen LogP contribution in [0.15, 0.2) is 54.6 Å². The first-order valence-electron chi connectivity index (χ1n) is 9.82. The third-order valence-electron chi connectivity index (χ3n) is 4.45. The Morgan fingerprint density at radius 3 is 2.48 bits per heavy atom. The lowest BCUT2D eigenvalue weighted by Gasteiger charge is -2.17. The molecule has 1 N–H and O–H groups in total. The second-order valence-electron chi connectivity index (χ2n) is 6.93. The summed E-state index contributed by atoms with van der Waals surface area (Å²) in [5.41, 5.74) is 1.19. The van der Waals surface area contributed by atoms with Gasteiger partial charge in [0.15, 0.2) is 18.1 Å². The van der Waals surface area contributed by atoms with Crippen molar-refractivity contribution in [2.24, 2.45) is 0 Å². The molecule has 170 valence electrons. The van der Waals surface area contributed by atoms with Crippen LogP contribution in [0.1, 0.15) is 11.4 Å². The van der Waals surface area contributed by atoms with Crippen molar-refractivity contribution < 1.29 is 19.1 Å². The Balaban J connectivity index is 1.62. The quantitative estimate of drug-likeness (QED) is 0.397. The molecule has 0 aliphatic heterocycles. The van der Waals surface area contributed by atoms with Crippen LogP contribution in [0.4, 0.5) is 5.69 Å². The summed E-state index contributed by atoms with van der Waals surface area (Å²) in [6.45, 7) is 0.811. The van der Waals surface area contributed by atoms with Crippen LogP contribution in [0.2, 0.25) is 5.02 Å². The molecule has 0 radical (unpaired) electrons. The number of hydrogen-bond donors (Lipinski definition) is 1. The van der Waals surface area contributed by atoms with E-state index in [1.165, 1.54) is 11.7 Å². The van der Waals surface area contributed by atoms with E-state index in [1.54, 1.807) is 49.4 Å². The second-order valence-corrected chi connectivity index (χ2v) is 7.34. The van der Waals surface area contributed by atoms with Crippen LogP contribution >= 0.6 is 11.6 Å². The Labute approximate surface area is 194 Å². The maximum absolute atomic E-state index is 12.8. The van der Waals surface area contributed by atoms with Gasteiger partial charge >= 0.3 is 5.97 Å². The molecule has 0 spiro atoms. The maximum Gasteiger partial charge on any atom is 0.357 e. The fourth-order valence-corrected chi connectivity index (χ4v) is 2.92. The number of aryl methyl sites for hydroxylation is 1. The van der Waals surface area contributed by atoms with Gasteiger partial charge in [0.05, 0.1) is 17.3 Å². The van der Waals surface area contributed by atoms with Gasteiger partial charge in [0.25, 0.3) is 5.91 Å². The molecule has 0 fully saturated rings. The third kappa shape index (κ3) is 6.47. The molecular formula is C22H21ClN6O4. The highest BCUT2D eigenvalue weighted by atomic mass is 35.5. The number of carbonyl (C=O) groups is 3. The minimum atomic E-state index is -0.795. The van der Waals surface area contributed by atoms with Crippen LogP contribution in [0.25, 0.3) is 11.8 Å². The largest absolute Gasteiger partial charge is 0.451 e. The molecule has 1 aromatic heterocycles. The average Bonchev–Trinajstić information content (AvgIpc) is 3.23. The molecule has 2 aromatic carbocycles. The second kappa shape index (κ2) is 11.0. The van der Waals surface area contributed by atoms with Gasteiger partial charge in [0, 0.05) is 7.05 Å². The van der Waals surface area contributed by atoms with Gasteiger partial charge in [-0.3, -0.25) is 9.59 Å². The number of hydrogen-bond acceptors (Lipinski definition) is 7. The molecule has 3 rings (SSSR count). The molecule has 33 heavy (non-hydrogen) atoms. The highest BCUT2D eigenvalue weighted by Gasteiger charge is 2.21. The van der Waals surface area contributed by atoms with Gasteiger partial charge in [0.1, 0.15) is 0 Å². The number of benzene rings is 2. The van der Waals surface area contributed by atoms with Crippen LogP contribution in [-0.2, 0) is 19.1 Å². The van der Waals surface area contributed by atoms with Crippen molar-refractivity contribution in [1.82, 2.24) is 25.1 Å². The Morgan fingerprint density at radius 1 is 1.12 bits per heavy atom. The van der Waals surface area contributed by atoms with E-state index in [0.717, 1.165) is 10.5 Å². The zero-order valence-corrected chi connectivity index (χ0v) is 18.7. The molecule has 2 amide bonds. The zero-order valence-electron chi connectivity index (χ0n) is 17.9. The van der Waals surface area contributed by atoms with E-state index in [4.69, 9.17) is 16.3 Å². The Kier molecular flexibility index (Phi) is 7.87. The van der Waals surface area contributed by atoms with Gasteiger partial charge in [0.2, 0.25) is 5.91 Å². The first kappa shape index (κ1) is 23.6. The van der Waals surface area contributed by atoms with E-state index < -0.39 is 24.4 Å². The van der Waals surface area contributed by atoms with Crippen molar-refractivity contribution in [2.45, 2.75) is 6.92 Å². The topological polar surface area (TPSA) is 119 Å². The minimum absolute atomic E-state index is 0.0376. The number of amides is 2. The van der Waals surface area contributed by atoms with E-state index in [-0.39, 0.29) is 12.2 Å². The molecule has 0 bridgehead atoms. The van der Waals surface area contributed by atoms with Crippen molar-refractivity contribution in [3.05, 3.63) is 71.0 Å². The van der Waals surface area contributed by atoms with Gasteiger partial charge in [-0.1, -0.05) is 54.1 Å². The molecule has 0 saturated heterocycles. The predicted octanol–water partition coefficient (Wildman–Crippen LogP) is 2.27. The van der Waals surface area contributed by atoms with Gasteiger partial charge in [-0.25, -0.2) is 4.79 Å². The summed E-state index contributed by atoms with van der Waals surface area (Å²) < 4.78 is 6.41. The number of rotatable bonds is 8. The highest BCUT2D eigenvalue weighted by Crippen LogP contribution is 2.20. The Morgan fingerprint density at radius 2 is 1.82 bits per heavy atom. The molecule has 10 nitrogen and oxygen atoms in total. The normalized spacial score (nSPS) is 11.1. The van der Waals surface area contributed by atoms with Crippen molar-refractivity contribution >= 4 is 46.8 Å². The number of ether oxygens (including phenoxy) is 1. The lowest BCUT2D eigenvalue weighted by molar-refractivity contribution is -0.147. The summed E-state index contributed by atoms with van der Waals surface area (Å²) in [5.74, 6) is -1.44. The summed E-state index contributed by atoms with van der Waals surface area (Å²) in [6.07, 6.45) is 1.55. The van der Waals surface area contributed by atoms with E-state index in [0.29, 0.717) is 16.5 Å². The van der Waals surface area contributed by atoms with Gasteiger partial charge in [-0.2, -0.15) is 4.68 Å². The van der Waals surface area contributed by atoms with Crippen molar-refractivity contribution in [1.29, 1.82) is 0 Å². The number of esters is 1. The molecule has 0 saturated carbocycles. The van der Waals surface area contributed by atoms with E-state index >= 15 is 0 Å². The fraction of sp³-hybridized carbons (Fsp3) is 0.182. The first-order valence-corrected chi connectivity index (χ1v) is 10.2. The SMILES string of the molecule is Cc1nnnn1/C(=C\c1ccccc1)C(=O)OCC(=O)N(C)CC(=O)Nc1ccccc1Cl. The van der Waals surface area contributed by atoms with E-state index in [1.807, 2.05) is 18.2 Å². The number of carbonyl (C=O) groups excluding carboxylic acids is 3. The number of halogens is 1.